The van der Waals surface area contributed by atoms with Crippen molar-refractivity contribution in [3.63, 3.8) is 0 Å². The average molecular weight is 438 g/mol. The summed E-state index contributed by atoms with van der Waals surface area (Å²) < 4.78 is 5.41. The van der Waals surface area contributed by atoms with E-state index in [-0.39, 0.29) is 12.4 Å². The van der Waals surface area contributed by atoms with Gasteiger partial charge in [-0.15, -0.1) is 0 Å². The summed E-state index contributed by atoms with van der Waals surface area (Å²) in [7, 11) is 0. The van der Waals surface area contributed by atoms with Gasteiger partial charge in [0.2, 0.25) is 5.75 Å². The summed E-state index contributed by atoms with van der Waals surface area (Å²) in [5.41, 5.74) is 2.54. The minimum atomic E-state index is -0.687. The number of ether oxygens (including phenoxy) is 1. The molecule has 10 heteroatoms. The molecule has 3 N–H and O–H groups in total. The number of amides is 2. The maximum absolute atomic E-state index is 12.6. The summed E-state index contributed by atoms with van der Waals surface area (Å²) in [5, 5.41) is 31.3. The molecule has 0 saturated carbocycles. The lowest BCUT2D eigenvalue weighted by atomic mass is 9.89. The monoisotopic (exact) mass is 438 g/mol. The molecule has 1 aromatic carbocycles. The number of nitro groups is 1. The molecule has 1 atom stereocenters. The minimum Gasteiger partial charge on any atom is -0.500 e. The molecule has 2 amide bonds. The fraction of sp³-hybridized carbons (Fsp3) is 0.143. The van der Waals surface area contributed by atoms with E-state index >= 15 is 0 Å². The third kappa shape index (κ3) is 3.92. The molecule has 1 aliphatic heterocycles. The fourth-order valence-electron chi connectivity index (χ4n) is 3.46. The Morgan fingerprint density at radius 2 is 2.16 bits per heavy atom. The first-order valence-corrected chi connectivity index (χ1v) is 10.3. The van der Waals surface area contributed by atoms with Gasteiger partial charge < -0.3 is 20.5 Å². The Morgan fingerprint density at radius 1 is 1.32 bits per heavy atom. The molecular formula is C21H18N4O5S. The van der Waals surface area contributed by atoms with Crippen LogP contribution in [-0.2, 0) is 0 Å². The summed E-state index contributed by atoms with van der Waals surface area (Å²) >= 11 is 1.49. The first kappa shape index (κ1) is 20.4. The number of benzene rings is 1. The van der Waals surface area contributed by atoms with Crippen molar-refractivity contribution in [1.29, 1.82) is 0 Å². The van der Waals surface area contributed by atoms with E-state index in [9.17, 15) is 20.0 Å². The van der Waals surface area contributed by atoms with Crippen LogP contribution in [-0.4, -0.2) is 27.7 Å². The SMILES string of the molecule is CCOc1cc(C2=C(c3ccsc3)C(c3cccnc3)NC(=O)N2)cc([N+](=O)[O-])c1O. The third-order valence-corrected chi connectivity index (χ3v) is 5.45. The quantitative estimate of drug-likeness (QED) is 0.393. The lowest BCUT2D eigenvalue weighted by Gasteiger charge is -2.30. The molecule has 2 aromatic heterocycles. The number of nitro benzene ring substituents is 1. The van der Waals surface area contributed by atoms with Gasteiger partial charge in [0.25, 0.3) is 0 Å². The third-order valence-electron chi connectivity index (χ3n) is 4.76. The number of urea groups is 1. The van der Waals surface area contributed by atoms with Gasteiger partial charge in [-0.1, -0.05) is 6.07 Å². The molecule has 3 heterocycles. The van der Waals surface area contributed by atoms with Gasteiger partial charge in [-0.05, 0) is 47.0 Å². The number of hydrogen-bond donors (Lipinski definition) is 3. The molecule has 0 bridgehead atoms. The molecule has 31 heavy (non-hydrogen) atoms. The number of carbonyl (C=O) groups excluding carboxylic acids is 1. The normalized spacial score (nSPS) is 15.9. The zero-order valence-corrected chi connectivity index (χ0v) is 17.2. The smallest absolute Gasteiger partial charge is 0.320 e. The Kier molecular flexibility index (Phi) is 5.54. The van der Waals surface area contributed by atoms with Gasteiger partial charge in [0.15, 0.2) is 5.75 Å². The number of carbonyl (C=O) groups is 1. The molecule has 0 aliphatic carbocycles. The number of rotatable bonds is 6. The number of nitrogens with zero attached hydrogens (tertiary/aromatic N) is 2. The number of pyridine rings is 1. The van der Waals surface area contributed by atoms with Gasteiger partial charge in [-0.25, -0.2) is 4.79 Å². The minimum absolute atomic E-state index is 0.0328. The first-order chi connectivity index (χ1) is 15.0. The van der Waals surface area contributed by atoms with E-state index in [0.717, 1.165) is 16.7 Å². The highest BCUT2D eigenvalue weighted by Crippen LogP contribution is 2.43. The highest BCUT2D eigenvalue weighted by atomic mass is 32.1. The largest absolute Gasteiger partial charge is 0.500 e. The maximum atomic E-state index is 12.6. The Hall–Kier alpha value is -3.92. The molecule has 0 fully saturated rings. The number of phenolic OH excluding ortho intramolecular Hbond substituents is 1. The number of phenols is 1. The molecule has 158 valence electrons. The number of aromatic hydroxyl groups is 1. The second-order valence-corrected chi connectivity index (χ2v) is 7.43. The summed E-state index contributed by atoms with van der Waals surface area (Å²) in [6.07, 6.45) is 3.30. The van der Waals surface area contributed by atoms with Crippen LogP contribution < -0.4 is 15.4 Å². The van der Waals surface area contributed by atoms with Crippen LogP contribution in [0.2, 0.25) is 0 Å². The van der Waals surface area contributed by atoms with Crippen LogP contribution in [0.4, 0.5) is 10.5 Å². The van der Waals surface area contributed by atoms with Crippen molar-refractivity contribution in [3.05, 3.63) is 80.3 Å². The van der Waals surface area contributed by atoms with Crippen LogP contribution in [0.1, 0.15) is 29.7 Å². The van der Waals surface area contributed by atoms with Crippen molar-refractivity contribution in [2.24, 2.45) is 0 Å². The van der Waals surface area contributed by atoms with Gasteiger partial charge in [0.05, 0.1) is 23.3 Å². The van der Waals surface area contributed by atoms with E-state index in [1.54, 1.807) is 25.4 Å². The molecule has 4 rings (SSSR count). The highest BCUT2D eigenvalue weighted by molar-refractivity contribution is 7.08. The Labute approximate surface area is 181 Å². The average Bonchev–Trinajstić information content (AvgIpc) is 3.29. The molecule has 0 saturated heterocycles. The van der Waals surface area contributed by atoms with E-state index in [1.807, 2.05) is 22.9 Å². The zero-order valence-electron chi connectivity index (χ0n) is 16.4. The molecule has 9 nitrogen and oxygen atoms in total. The lowest BCUT2D eigenvalue weighted by molar-refractivity contribution is -0.386. The lowest BCUT2D eigenvalue weighted by Crippen LogP contribution is -2.42. The van der Waals surface area contributed by atoms with E-state index in [1.165, 1.54) is 23.5 Å². The molecule has 0 spiro atoms. The van der Waals surface area contributed by atoms with Crippen molar-refractivity contribution in [2.45, 2.75) is 13.0 Å². The predicted octanol–water partition coefficient (Wildman–Crippen LogP) is 4.08. The van der Waals surface area contributed by atoms with Crippen LogP contribution >= 0.6 is 11.3 Å². The van der Waals surface area contributed by atoms with Crippen molar-refractivity contribution in [3.8, 4) is 11.5 Å². The number of thiophene rings is 1. The van der Waals surface area contributed by atoms with E-state index in [4.69, 9.17) is 4.74 Å². The molecule has 1 unspecified atom stereocenters. The molecule has 1 aliphatic rings. The van der Waals surface area contributed by atoms with Crippen LogP contribution in [0.15, 0.2) is 53.5 Å². The molecular weight excluding hydrogens is 420 g/mol. The van der Waals surface area contributed by atoms with Crippen molar-refractivity contribution in [1.82, 2.24) is 15.6 Å². The fourth-order valence-corrected chi connectivity index (χ4v) is 4.12. The van der Waals surface area contributed by atoms with Crippen LogP contribution in [0.5, 0.6) is 11.5 Å². The molecule has 0 radical (unpaired) electrons. The second kappa shape index (κ2) is 8.44. The predicted molar refractivity (Wildman–Crippen MR) is 116 cm³/mol. The van der Waals surface area contributed by atoms with Crippen LogP contribution in [0.3, 0.4) is 0 Å². The van der Waals surface area contributed by atoms with Crippen LogP contribution in [0.25, 0.3) is 11.3 Å². The maximum Gasteiger partial charge on any atom is 0.320 e. The number of aromatic nitrogens is 1. The first-order valence-electron chi connectivity index (χ1n) is 9.38. The Balaban J connectivity index is 1.99. The zero-order chi connectivity index (χ0) is 22.0. The van der Waals surface area contributed by atoms with Crippen molar-refractivity contribution in [2.75, 3.05) is 6.61 Å². The summed E-state index contributed by atoms with van der Waals surface area (Å²) in [5.74, 6) is -0.591. The van der Waals surface area contributed by atoms with Crippen molar-refractivity contribution < 1.29 is 19.6 Å². The second-order valence-electron chi connectivity index (χ2n) is 6.65. The van der Waals surface area contributed by atoms with Gasteiger partial charge in [-0.2, -0.15) is 11.3 Å². The van der Waals surface area contributed by atoms with Crippen molar-refractivity contribution >= 4 is 34.3 Å². The van der Waals surface area contributed by atoms with E-state index in [0.29, 0.717) is 11.3 Å². The van der Waals surface area contributed by atoms with Gasteiger partial charge in [0.1, 0.15) is 0 Å². The summed E-state index contributed by atoms with van der Waals surface area (Å²) in [6.45, 7) is 1.91. The van der Waals surface area contributed by atoms with Gasteiger partial charge in [0, 0.05) is 29.6 Å². The number of hydrogen-bond acceptors (Lipinski definition) is 7. The van der Waals surface area contributed by atoms with E-state index < -0.39 is 28.4 Å². The topological polar surface area (TPSA) is 127 Å². The molecule has 3 aromatic rings. The van der Waals surface area contributed by atoms with E-state index in [2.05, 4.69) is 15.6 Å². The number of nitrogens with one attached hydrogen (secondary N) is 2. The van der Waals surface area contributed by atoms with Gasteiger partial charge in [-0.3, -0.25) is 15.1 Å². The Bertz CT molecular complexity index is 1160. The highest BCUT2D eigenvalue weighted by Gasteiger charge is 2.32. The van der Waals surface area contributed by atoms with Gasteiger partial charge >= 0.3 is 11.7 Å². The Morgan fingerprint density at radius 3 is 2.81 bits per heavy atom. The van der Waals surface area contributed by atoms with Crippen LogP contribution in [0, 0.1) is 10.1 Å². The summed E-state index contributed by atoms with van der Waals surface area (Å²) in [6, 6.07) is 7.24. The summed E-state index contributed by atoms with van der Waals surface area (Å²) in [4.78, 5) is 27.6. The standard InChI is InChI=1S/C21H18N4O5S/c1-2-30-16-9-14(8-15(20(16)26)25(28)29)19-17(13-5-7-31-11-13)18(23-21(27)24-19)12-4-3-6-22-10-12/h3-11,18,26H,2H2,1H3,(H2,23,24,27).